The molecule has 1 amide bonds. The van der Waals surface area contributed by atoms with Crippen molar-refractivity contribution in [2.24, 2.45) is 0 Å². The fourth-order valence-electron chi connectivity index (χ4n) is 3.21. The molecule has 5 rings (SSSR count). The molecule has 0 saturated carbocycles. The first kappa shape index (κ1) is 20.2. The van der Waals surface area contributed by atoms with Gasteiger partial charge >= 0.3 is 5.63 Å². The van der Waals surface area contributed by atoms with E-state index in [4.69, 9.17) is 13.6 Å². The summed E-state index contributed by atoms with van der Waals surface area (Å²) in [6.07, 6.45) is 0. The maximum absolute atomic E-state index is 12.6. The number of hydrogen-bond acceptors (Lipinski definition) is 7. The van der Waals surface area contributed by atoms with E-state index >= 15 is 0 Å². The molecule has 2 aromatic heterocycles. The van der Waals surface area contributed by atoms with E-state index in [0.29, 0.717) is 34.2 Å². The molecule has 0 radical (unpaired) electrons. The number of nitrogens with one attached hydrogen (secondary N) is 1. The summed E-state index contributed by atoms with van der Waals surface area (Å²) in [7, 11) is 0. The molecule has 0 aliphatic rings. The number of carbonyl (C=O) groups excluding carboxylic acids is 1. The summed E-state index contributed by atoms with van der Waals surface area (Å²) < 4.78 is 16.5. The van der Waals surface area contributed by atoms with Crippen molar-refractivity contribution >= 4 is 22.6 Å². The van der Waals surface area contributed by atoms with Crippen LogP contribution in [0.15, 0.2) is 98.6 Å². The van der Waals surface area contributed by atoms with Crippen molar-refractivity contribution in [3.63, 3.8) is 0 Å². The fourth-order valence-corrected chi connectivity index (χ4v) is 3.21. The molecule has 8 nitrogen and oxygen atoms in total. The quantitative estimate of drug-likeness (QED) is 0.383. The lowest BCUT2D eigenvalue weighted by molar-refractivity contribution is 0.102. The second-order valence-electron chi connectivity index (χ2n) is 7.12. The molecule has 3 aromatic carbocycles. The van der Waals surface area contributed by atoms with Gasteiger partial charge in [-0.25, -0.2) is 4.79 Å². The van der Waals surface area contributed by atoms with Gasteiger partial charge in [0.1, 0.15) is 16.9 Å². The van der Waals surface area contributed by atoms with Crippen LogP contribution in [-0.2, 0) is 6.61 Å². The van der Waals surface area contributed by atoms with Crippen molar-refractivity contribution in [2.75, 3.05) is 5.32 Å². The summed E-state index contributed by atoms with van der Waals surface area (Å²) in [5, 5.41) is 11.4. The molecule has 0 spiro atoms. The molecule has 8 heteroatoms. The highest BCUT2D eigenvalue weighted by Crippen LogP contribution is 2.20. The van der Waals surface area contributed by atoms with E-state index in [1.807, 2.05) is 30.3 Å². The highest BCUT2D eigenvalue weighted by molar-refractivity contribution is 6.05. The number of carbonyl (C=O) groups is 1. The van der Waals surface area contributed by atoms with Crippen LogP contribution in [0.3, 0.4) is 0 Å². The Kier molecular flexibility index (Phi) is 5.38. The summed E-state index contributed by atoms with van der Waals surface area (Å²) >= 11 is 0. The Morgan fingerprint density at radius 2 is 1.64 bits per heavy atom. The Hall–Kier alpha value is -4.72. The predicted molar refractivity (Wildman–Crippen MR) is 121 cm³/mol. The van der Waals surface area contributed by atoms with Crippen molar-refractivity contribution in [1.82, 2.24) is 10.2 Å². The van der Waals surface area contributed by atoms with Crippen LogP contribution in [0.25, 0.3) is 22.4 Å². The fraction of sp³-hybridized carbons (Fsp3) is 0.0400. The molecule has 33 heavy (non-hydrogen) atoms. The lowest BCUT2D eigenvalue weighted by Gasteiger charge is -2.07. The number of nitrogens with zero attached hydrogens (tertiary/aromatic N) is 2. The van der Waals surface area contributed by atoms with Gasteiger partial charge in [0.2, 0.25) is 5.89 Å². The highest BCUT2D eigenvalue weighted by atomic mass is 16.5. The number of para-hydroxylation sites is 1. The van der Waals surface area contributed by atoms with Gasteiger partial charge in [0.05, 0.1) is 0 Å². The van der Waals surface area contributed by atoms with Crippen molar-refractivity contribution in [1.29, 1.82) is 0 Å². The molecule has 2 heterocycles. The predicted octanol–water partition coefficient (Wildman–Crippen LogP) is 4.67. The van der Waals surface area contributed by atoms with Crippen molar-refractivity contribution in [3.8, 4) is 17.2 Å². The first-order valence-corrected chi connectivity index (χ1v) is 10.1. The minimum atomic E-state index is -0.694. The Morgan fingerprint density at radius 1 is 0.879 bits per heavy atom. The smallest absolute Gasteiger partial charge is 0.349 e. The Bertz CT molecular complexity index is 1470. The molecule has 0 saturated heterocycles. The summed E-state index contributed by atoms with van der Waals surface area (Å²) in [5.41, 5.74) is 0.999. The Balaban J connectivity index is 1.22. The van der Waals surface area contributed by atoms with Crippen LogP contribution < -0.4 is 15.7 Å². The van der Waals surface area contributed by atoms with E-state index in [1.165, 1.54) is 6.07 Å². The average Bonchev–Trinajstić information content (AvgIpc) is 3.33. The number of rotatable bonds is 6. The van der Waals surface area contributed by atoms with Gasteiger partial charge in [-0.3, -0.25) is 4.79 Å². The molecule has 0 unspecified atom stereocenters. The van der Waals surface area contributed by atoms with Crippen LogP contribution >= 0.6 is 0 Å². The summed E-state index contributed by atoms with van der Waals surface area (Å²) in [6, 6.07) is 24.7. The van der Waals surface area contributed by atoms with Gasteiger partial charge in [-0.05, 0) is 48.5 Å². The van der Waals surface area contributed by atoms with E-state index in [-0.39, 0.29) is 12.2 Å². The second-order valence-corrected chi connectivity index (χ2v) is 7.12. The number of benzene rings is 3. The van der Waals surface area contributed by atoms with Crippen LogP contribution in [0.4, 0.5) is 5.69 Å². The number of anilines is 1. The zero-order valence-corrected chi connectivity index (χ0v) is 17.2. The monoisotopic (exact) mass is 439 g/mol. The van der Waals surface area contributed by atoms with E-state index < -0.39 is 11.5 Å². The number of aromatic nitrogens is 2. The summed E-state index contributed by atoms with van der Waals surface area (Å²) in [5.74, 6) is 0.764. The highest BCUT2D eigenvalue weighted by Gasteiger charge is 2.14. The first-order chi connectivity index (χ1) is 16.2. The van der Waals surface area contributed by atoms with E-state index in [9.17, 15) is 9.59 Å². The molecule has 0 aliphatic carbocycles. The van der Waals surface area contributed by atoms with Crippen LogP contribution in [-0.4, -0.2) is 16.1 Å². The van der Waals surface area contributed by atoms with Gasteiger partial charge < -0.3 is 18.9 Å². The average molecular weight is 439 g/mol. The van der Waals surface area contributed by atoms with Gasteiger partial charge in [0.25, 0.3) is 11.8 Å². The summed E-state index contributed by atoms with van der Waals surface area (Å²) in [6.45, 7) is 0.101. The standard InChI is InChI=1S/C25H17N3O5/c29-23(20-14-17-8-4-5-9-21(17)32-25(20)30)26-18-10-12-19(13-11-18)31-15-22-27-28-24(33-22)16-6-2-1-3-7-16/h1-14H,15H2,(H,26,29). The minimum absolute atomic E-state index is 0.0698. The molecular weight excluding hydrogens is 422 g/mol. The second kappa shape index (κ2) is 8.80. The zero-order chi connectivity index (χ0) is 22.6. The molecular formula is C25H17N3O5. The van der Waals surface area contributed by atoms with Crippen molar-refractivity contribution in [2.45, 2.75) is 6.61 Å². The topological polar surface area (TPSA) is 107 Å². The van der Waals surface area contributed by atoms with Gasteiger partial charge in [0, 0.05) is 16.6 Å². The summed E-state index contributed by atoms with van der Waals surface area (Å²) in [4.78, 5) is 24.7. The van der Waals surface area contributed by atoms with Gasteiger partial charge in [0.15, 0.2) is 6.61 Å². The van der Waals surface area contributed by atoms with Crippen LogP contribution in [0.5, 0.6) is 5.75 Å². The Morgan fingerprint density at radius 3 is 2.45 bits per heavy atom. The number of amides is 1. The lowest BCUT2D eigenvalue weighted by atomic mass is 10.1. The first-order valence-electron chi connectivity index (χ1n) is 10.1. The third-order valence-corrected chi connectivity index (χ3v) is 4.85. The minimum Gasteiger partial charge on any atom is -0.484 e. The molecule has 1 N–H and O–H groups in total. The third kappa shape index (κ3) is 4.49. The maximum Gasteiger partial charge on any atom is 0.349 e. The van der Waals surface area contributed by atoms with E-state index in [2.05, 4.69) is 15.5 Å². The van der Waals surface area contributed by atoms with Crippen LogP contribution in [0, 0.1) is 0 Å². The third-order valence-electron chi connectivity index (χ3n) is 4.85. The van der Waals surface area contributed by atoms with Gasteiger partial charge in [-0.1, -0.05) is 36.4 Å². The van der Waals surface area contributed by atoms with Crippen LogP contribution in [0.2, 0.25) is 0 Å². The molecule has 162 valence electrons. The van der Waals surface area contributed by atoms with Gasteiger partial charge in [-0.15, -0.1) is 10.2 Å². The number of fused-ring (bicyclic) bond motifs is 1. The van der Waals surface area contributed by atoms with E-state index in [1.54, 1.807) is 48.5 Å². The zero-order valence-electron chi connectivity index (χ0n) is 17.2. The molecule has 0 bridgehead atoms. The molecule has 5 aromatic rings. The maximum atomic E-state index is 12.6. The SMILES string of the molecule is O=C(Nc1ccc(OCc2nnc(-c3ccccc3)o2)cc1)c1cc2ccccc2oc1=O. The number of ether oxygens (including phenoxy) is 1. The largest absolute Gasteiger partial charge is 0.484 e. The molecule has 0 atom stereocenters. The van der Waals surface area contributed by atoms with Gasteiger partial charge in [-0.2, -0.15) is 0 Å². The number of hydrogen-bond donors (Lipinski definition) is 1. The Labute approximate surface area is 187 Å². The molecule has 0 aliphatic heterocycles. The normalized spacial score (nSPS) is 10.8. The molecule has 0 fully saturated rings. The van der Waals surface area contributed by atoms with Crippen molar-refractivity contribution < 1.29 is 18.4 Å². The van der Waals surface area contributed by atoms with Crippen LogP contribution in [0.1, 0.15) is 16.2 Å². The van der Waals surface area contributed by atoms with Crippen molar-refractivity contribution in [3.05, 3.63) is 107 Å². The van der Waals surface area contributed by atoms with E-state index in [0.717, 1.165) is 5.56 Å². The lowest BCUT2D eigenvalue weighted by Crippen LogP contribution is -2.20.